The van der Waals surface area contributed by atoms with Gasteiger partial charge in [-0.3, -0.25) is 24.8 Å². The van der Waals surface area contributed by atoms with Gasteiger partial charge in [0.2, 0.25) is 5.91 Å². The maximum atomic E-state index is 12.8. The Morgan fingerprint density at radius 3 is 2.51 bits per heavy atom. The van der Waals surface area contributed by atoms with E-state index < -0.39 is 11.9 Å². The number of hydrogen-bond acceptors (Lipinski definition) is 6. The number of rotatable bonds is 9. The van der Waals surface area contributed by atoms with Gasteiger partial charge in [-0.25, -0.2) is 5.48 Å². The predicted octanol–water partition coefficient (Wildman–Crippen LogP) is 3.75. The van der Waals surface area contributed by atoms with E-state index in [-0.39, 0.29) is 12.3 Å². The Labute approximate surface area is 203 Å². The lowest BCUT2D eigenvalue weighted by molar-refractivity contribution is -0.129. The molecule has 4 rings (SSSR count). The van der Waals surface area contributed by atoms with Crippen molar-refractivity contribution in [2.45, 2.75) is 32.4 Å². The van der Waals surface area contributed by atoms with Crippen molar-refractivity contribution in [3.8, 4) is 5.75 Å². The van der Waals surface area contributed by atoms with Crippen LogP contribution in [0.4, 0.5) is 0 Å². The van der Waals surface area contributed by atoms with Crippen molar-refractivity contribution in [3.63, 3.8) is 0 Å². The molecular weight excluding hydrogens is 444 g/mol. The number of carbonyl (C=O) groups is 2. The summed E-state index contributed by atoms with van der Waals surface area (Å²) in [6.07, 6.45) is 3.65. The summed E-state index contributed by atoms with van der Waals surface area (Å²) < 4.78 is 5.97. The summed E-state index contributed by atoms with van der Waals surface area (Å²) in [5.74, 6) is -0.267. The molecule has 8 heteroatoms. The number of fused-ring (bicyclic) bond motifs is 1. The number of aromatic nitrogens is 2. The Balaban J connectivity index is 1.41. The van der Waals surface area contributed by atoms with Crippen molar-refractivity contribution in [2.75, 3.05) is 0 Å². The minimum absolute atomic E-state index is 0.0644. The predicted molar refractivity (Wildman–Crippen MR) is 131 cm³/mol. The smallest absolute Gasteiger partial charge is 0.251 e. The molecule has 35 heavy (non-hydrogen) atoms. The molecule has 0 radical (unpaired) electrons. The van der Waals surface area contributed by atoms with E-state index in [0.29, 0.717) is 24.3 Å². The van der Waals surface area contributed by atoms with E-state index in [1.807, 2.05) is 49.4 Å². The topological polar surface area (TPSA) is 113 Å². The maximum Gasteiger partial charge on any atom is 0.251 e. The summed E-state index contributed by atoms with van der Waals surface area (Å²) in [7, 11) is 0. The molecule has 4 aromatic rings. The second-order valence-corrected chi connectivity index (χ2v) is 8.22. The number of ether oxygens (including phenoxy) is 1. The number of benzene rings is 2. The summed E-state index contributed by atoms with van der Waals surface area (Å²) in [4.78, 5) is 33.1. The molecule has 178 valence electrons. The van der Waals surface area contributed by atoms with E-state index in [2.05, 4.69) is 15.3 Å². The van der Waals surface area contributed by atoms with Crippen LogP contribution in [-0.2, 0) is 17.8 Å². The summed E-state index contributed by atoms with van der Waals surface area (Å²) in [5, 5.41) is 12.8. The summed E-state index contributed by atoms with van der Waals surface area (Å²) in [6.45, 7) is 2.33. The average Bonchev–Trinajstić information content (AvgIpc) is 2.88. The highest BCUT2D eigenvalue weighted by molar-refractivity contribution is 5.94. The van der Waals surface area contributed by atoms with E-state index >= 15 is 0 Å². The van der Waals surface area contributed by atoms with Gasteiger partial charge in [-0.1, -0.05) is 18.2 Å². The third-order valence-corrected chi connectivity index (χ3v) is 5.56. The lowest BCUT2D eigenvalue weighted by atomic mass is 10.0. The van der Waals surface area contributed by atoms with Crippen LogP contribution in [0.1, 0.15) is 33.6 Å². The molecule has 2 heterocycles. The Morgan fingerprint density at radius 1 is 1.03 bits per heavy atom. The number of aryl methyl sites for hydroxylation is 1. The van der Waals surface area contributed by atoms with Crippen LogP contribution in [-0.4, -0.2) is 33.0 Å². The minimum atomic E-state index is -0.577. The maximum absolute atomic E-state index is 12.8. The van der Waals surface area contributed by atoms with Gasteiger partial charge in [0.1, 0.15) is 12.4 Å². The molecule has 1 unspecified atom stereocenters. The van der Waals surface area contributed by atoms with E-state index in [4.69, 9.17) is 9.94 Å². The monoisotopic (exact) mass is 470 g/mol. The first-order valence-electron chi connectivity index (χ1n) is 11.2. The number of carbonyl (C=O) groups excluding carboxylic acids is 2. The minimum Gasteiger partial charge on any atom is -0.489 e. The van der Waals surface area contributed by atoms with Gasteiger partial charge < -0.3 is 10.1 Å². The van der Waals surface area contributed by atoms with Crippen molar-refractivity contribution in [1.29, 1.82) is 0 Å². The first-order valence-corrected chi connectivity index (χ1v) is 11.2. The van der Waals surface area contributed by atoms with Crippen molar-refractivity contribution in [3.05, 3.63) is 102 Å². The van der Waals surface area contributed by atoms with Crippen molar-refractivity contribution in [2.24, 2.45) is 0 Å². The van der Waals surface area contributed by atoms with Crippen LogP contribution >= 0.6 is 0 Å². The molecule has 1 atom stereocenters. The first-order chi connectivity index (χ1) is 17.0. The molecule has 0 aliphatic rings. The molecule has 0 saturated heterocycles. The number of nitrogens with zero attached hydrogens (tertiary/aromatic N) is 2. The molecule has 2 aromatic heterocycles. The number of pyridine rings is 2. The van der Waals surface area contributed by atoms with Crippen LogP contribution in [0, 0.1) is 6.92 Å². The molecule has 0 bridgehead atoms. The van der Waals surface area contributed by atoms with Gasteiger partial charge in [-0.15, -0.1) is 0 Å². The van der Waals surface area contributed by atoms with Crippen molar-refractivity contribution < 1.29 is 19.5 Å². The van der Waals surface area contributed by atoms with Crippen molar-refractivity contribution >= 4 is 22.7 Å². The second-order valence-electron chi connectivity index (χ2n) is 8.22. The van der Waals surface area contributed by atoms with Gasteiger partial charge in [-0.05, 0) is 67.4 Å². The highest BCUT2D eigenvalue weighted by Crippen LogP contribution is 2.21. The molecule has 0 aliphatic carbocycles. The fraction of sp³-hybridized carbons (Fsp3) is 0.185. The van der Waals surface area contributed by atoms with E-state index in [0.717, 1.165) is 27.7 Å². The molecular formula is C27H26N4O4. The second kappa shape index (κ2) is 11.2. The Bertz CT molecular complexity index is 1310. The van der Waals surface area contributed by atoms with Gasteiger partial charge in [0.05, 0.1) is 5.52 Å². The average molecular weight is 471 g/mol. The largest absolute Gasteiger partial charge is 0.489 e. The van der Waals surface area contributed by atoms with Crippen molar-refractivity contribution in [1.82, 2.24) is 20.8 Å². The third kappa shape index (κ3) is 6.39. The van der Waals surface area contributed by atoms with Crippen LogP contribution in [0.25, 0.3) is 10.9 Å². The lowest BCUT2D eigenvalue weighted by Crippen LogP contribution is -2.40. The van der Waals surface area contributed by atoms with E-state index in [9.17, 15) is 9.59 Å². The zero-order chi connectivity index (χ0) is 24.6. The molecule has 8 nitrogen and oxygen atoms in total. The fourth-order valence-electron chi connectivity index (χ4n) is 3.89. The van der Waals surface area contributed by atoms with Gasteiger partial charge >= 0.3 is 0 Å². The molecule has 3 N–H and O–H groups in total. The lowest BCUT2D eigenvalue weighted by Gasteiger charge is -2.18. The van der Waals surface area contributed by atoms with E-state index in [1.165, 1.54) is 0 Å². The summed E-state index contributed by atoms with van der Waals surface area (Å²) in [5.41, 5.74) is 5.86. The number of hydrogen-bond donors (Lipinski definition) is 3. The van der Waals surface area contributed by atoms with Gasteiger partial charge in [0.15, 0.2) is 0 Å². The normalized spacial score (nSPS) is 11.6. The third-order valence-electron chi connectivity index (χ3n) is 5.56. The van der Waals surface area contributed by atoms with Crippen LogP contribution < -0.4 is 15.5 Å². The summed E-state index contributed by atoms with van der Waals surface area (Å²) in [6, 6.07) is 19.9. The highest BCUT2D eigenvalue weighted by atomic mass is 16.5. The SMILES string of the molecule is Cc1cc(COc2ccc(C(=O)NC(CC(=O)NO)Cc3ccncc3)cc2)c2ccccc2n1. The molecule has 2 amide bonds. The number of amides is 2. The van der Waals surface area contributed by atoms with Gasteiger partial charge in [0, 0.05) is 47.1 Å². The van der Waals surface area contributed by atoms with E-state index in [1.54, 1.807) is 42.1 Å². The zero-order valence-electron chi connectivity index (χ0n) is 19.3. The Morgan fingerprint density at radius 2 is 1.77 bits per heavy atom. The summed E-state index contributed by atoms with van der Waals surface area (Å²) >= 11 is 0. The number of hydroxylamine groups is 1. The molecule has 0 fully saturated rings. The molecule has 0 spiro atoms. The van der Waals surface area contributed by atoms with Gasteiger partial charge in [0.25, 0.3) is 5.91 Å². The Hall–Kier alpha value is -4.30. The van der Waals surface area contributed by atoms with Gasteiger partial charge in [-0.2, -0.15) is 0 Å². The molecule has 0 saturated carbocycles. The number of para-hydroxylation sites is 1. The fourth-order valence-corrected chi connectivity index (χ4v) is 3.89. The van der Waals surface area contributed by atoms with Crippen LogP contribution in [0.3, 0.4) is 0 Å². The quantitative estimate of drug-likeness (QED) is 0.254. The highest BCUT2D eigenvalue weighted by Gasteiger charge is 2.18. The molecule has 2 aromatic carbocycles. The Kier molecular flexibility index (Phi) is 7.64. The standard InChI is InChI=1S/C27H26N4O4/c1-18-14-21(24-4-2-3-5-25(24)29-18)17-35-23-8-6-20(7-9-23)27(33)30-22(16-26(32)31-34)15-19-10-12-28-13-11-19/h2-14,22,34H,15-17H2,1H3,(H,30,33)(H,31,32). The van der Waals surface area contributed by atoms with Crippen LogP contribution in [0.5, 0.6) is 5.75 Å². The van der Waals surface area contributed by atoms with Crippen LogP contribution in [0.2, 0.25) is 0 Å². The first kappa shape index (κ1) is 23.8. The number of nitrogens with one attached hydrogen (secondary N) is 2. The van der Waals surface area contributed by atoms with Crippen LogP contribution in [0.15, 0.2) is 79.1 Å². The zero-order valence-corrected chi connectivity index (χ0v) is 19.3. The molecule has 0 aliphatic heterocycles.